The average molecular weight is 365 g/mol. The number of nitrogens with one attached hydrogen (secondary N) is 1. The molecule has 1 aliphatic carbocycles. The second kappa shape index (κ2) is 5.80. The fraction of sp³-hybridized carbons (Fsp3) is 0.235. The molecule has 0 atom stereocenters. The minimum atomic E-state index is 0.0355. The first-order chi connectivity index (χ1) is 12.7. The molecule has 0 saturated heterocycles. The molecule has 0 spiro atoms. The summed E-state index contributed by atoms with van der Waals surface area (Å²) in [5.41, 5.74) is 2.61. The van der Waals surface area contributed by atoms with Crippen molar-refractivity contribution in [2.24, 2.45) is 5.92 Å². The van der Waals surface area contributed by atoms with Crippen LogP contribution in [0.2, 0.25) is 0 Å². The van der Waals surface area contributed by atoms with Gasteiger partial charge in [0, 0.05) is 12.1 Å². The Bertz CT molecular complexity index is 1140. The van der Waals surface area contributed by atoms with Gasteiger partial charge in [0.25, 0.3) is 0 Å². The number of pyridine rings is 1. The number of nitrogens with zero attached hydrogens (tertiary/aromatic N) is 6. The Morgan fingerprint density at radius 1 is 1.15 bits per heavy atom. The van der Waals surface area contributed by atoms with Gasteiger partial charge in [-0.3, -0.25) is 9.20 Å². The topological polar surface area (TPSA) is 89.5 Å². The second-order valence-electron chi connectivity index (χ2n) is 6.38. The number of fused-ring (bicyclic) bond motifs is 2. The van der Waals surface area contributed by atoms with Gasteiger partial charge in [-0.1, -0.05) is 6.07 Å². The van der Waals surface area contributed by atoms with E-state index in [9.17, 15) is 4.79 Å². The van der Waals surface area contributed by atoms with Crippen molar-refractivity contribution >= 4 is 34.8 Å². The highest BCUT2D eigenvalue weighted by Gasteiger charge is 2.30. The van der Waals surface area contributed by atoms with Crippen molar-refractivity contribution in [2.45, 2.75) is 29.9 Å². The number of imidazole rings is 1. The van der Waals surface area contributed by atoms with E-state index in [1.165, 1.54) is 11.8 Å². The van der Waals surface area contributed by atoms with Crippen LogP contribution < -0.4 is 5.32 Å². The van der Waals surface area contributed by atoms with Crippen LogP contribution in [0, 0.1) is 12.8 Å². The number of carbonyl (C=O) groups is 1. The third kappa shape index (κ3) is 2.80. The van der Waals surface area contributed by atoms with Crippen molar-refractivity contribution in [1.82, 2.24) is 29.2 Å². The number of rotatable bonds is 4. The van der Waals surface area contributed by atoms with Crippen molar-refractivity contribution in [1.29, 1.82) is 0 Å². The van der Waals surface area contributed by atoms with Gasteiger partial charge in [-0.15, -0.1) is 10.2 Å². The van der Waals surface area contributed by atoms with Crippen LogP contribution in [0.25, 0.3) is 11.3 Å². The Morgan fingerprint density at radius 2 is 2.00 bits per heavy atom. The molecule has 0 aromatic carbocycles. The quantitative estimate of drug-likeness (QED) is 0.598. The molecule has 4 aromatic rings. The summed E-state index contributed by atoms with van der Waals surface area (Å²) >= 11 is 1.43. The first-order valence-electron chi connectivity index (χ1n) is 8.32. The number of aryl methyl sites for hydroxylation is 1. The highest BCUT2D eigenvalue weighted by atomic mass is 32.2. The molecule has 26 heavy (non-hydrogen) atoms. The van der Waals surface area contributed by atoms with E-state index in [1.807, 2.05) is 41.8 Å². The molecule has 0 bridgehead atoms. The number of aromatic nitrogens is 6. The van der Waals surface area contributed by atoms with E-state index in [0.29, 0.717) is 11.5 Å². The van der Waals surface area contributed by atoms with E-state index in [1.54, 1.807) is 10.7 Å². The Balaban J connectivity index is 1.43. The van der Waals surface area contributed by atoms with E-state index < -0.39 is 0 Å². The van der Waals surface area contributed by atoms with Crippen molar-refractivity contribution in [3.8, 4) is 0 Å². The lowest BCUT2D eigenvalue weighted by atomic mass is 10.3. The molecule has 0 unspecified atom stereocenters. The van der Waals surface area contributed by atoms with E-state index in [-0.39, 0.29) is 11.8 Å². The molecule has 1 amide bonds. The molecule has 0 radical (unpaired) electrons. The predicted octanol–water partition coefficient (Wildman–Crippen LogP) is 2.58. The molecule has 130 valence electrons. The van der Waals surface area contributed by atoms with Crippen LogP contribution in [0.5, 0.6) is 0 Å². The average Bonchev–Trinajstić information content (AvgIpc) is 3.30. The van der Waals surface area contributed by atoms with Crippen LogP contribution in [0.4, 0.5) is 5.82 Å². The van der Waals surface area contributed by atoms with Gasteiger partial charge in [-0.2, -0.15) is 5.10 Å². The first-order valence-corrected chi connectivity index (χ1v) is 9.14. The number of hydrogen-bond acceptors (Lipinski definition) is 6. The first kappa shape index (κ1) is 15.3. The standard InChI is InChI=1S/C17H15N7OS/c1-10-2-5-14-20-21-17(23(14)8-10)26-15-7-6-13-18-12(9-24(13)22-15)19-16(25)11-3-4-11/h2,5-9,11H,3-4H2,1H3,(H,19,25). The zero-order valence-electron chi connectivity index (χ0n) is 14.0. The van der Waals surface area contributed by atoms with E-state index in [0.717, 1.165) is 34.2 Å². The number of anilines is 1. The van der Waals surface area contributed by atoms with Crippen LogP contribution in [-0.2, 0) is 4.79 Å². The van der Waals surface area contributed by atoms with E-state index in [4.69, 9.17) is 0 Å². The van der Waals surface area contributed by atoms with Crippen molar-refractivity contribution < 1.29 is 4.79 Å². The molecule has 9 heteroatoms. The number of carbonyl (C=O) groups excluding carboxylic acids is 1. The van der Waals surface area contributed by atoms with Gasteiger partial charge in [0.1, 0.15) is 5.03 Å². The lowest BCUT2D eigenvalue weighted by Crippen LogP contribution is -2.13. The fourth-order valence-corrected chi connectivity index (χ4v) is 3.47. The molecule has 1 N–H and O–H groups in total. The minimum Gasteiger partial charge on any atom is -0.309 e. The molecule has 1 aliphatic rings. The molecule has 4 heterocycles. The van der Waals surface area contributed by atoms with Crippen molar-refractivity contribution in [3.05, 3.63) is 42.2 Å². The molecular weight excluding hydrogens is 350 g/mol. The Kier molecular flexibility index (Phi) is 3.42. The number of hydrogen-bond donors (Lipinski definition) is 1. The smallest absolute Gasteiger partial charge is 0.228 e. The summed E-state index contributed by atoms with van der Waals surface area (Å²) < 4.78 is 3.61. The minimum absolute atomic E-state index is 0.0355. The summed E-state index contributed by atoms with van der Waals surface area (Å²) in [6.45, 7) is 2.03. The SMILES string of the molecule is Cc1ccc2nnc(Sc3ccc4nc(NC(=O)C5CC5)cn4n3)n2c1. The van der Waals surface area contributed by atoms with Gasteiger partial charge in [0.05, 0.1) is 6.20 Å². The second-order valence-corrected chi connectivity index (χ2v) is 7.37. The summed E-state index contributed by atoms with van der Waals surface area (Å²) in [5.74, 6) is 0.706. The van der Waals surface area contributed by atoms with Gasteiger partial charge in [0.15, 0.2) is 17.1 Å². The van der Waals surface area contributed by atoms with Crippen molar-refractivity contribution in [2.75, 3.05) is 5.32 Å². The van der Waals surface area contributed by atoms with E-state index >= 15 is 0 Å². The largest absolute Gasteiger partial charge is 0.309 e. The van der Waals surface area contributed by atoms with Gasteiger partial charge < -0.3 is 5.32 Å². The van der Waals surface area contributed by atoms with E-state index in [2.05, 4.69) is 25.6 Å². The molecular formula is C17H15N7OS. The van der Waals surface area contributed by atoms with Crippen LogP contribution in [0.3, 0.4) is 0 Å². The highest BCUT2D eigenvalue weighted by molar-refractivity contribution is 7.99. The Hall–Kier alpha value is -2.94. The predicted molar refractivity (Wildman–Crippen MR) is 96.2 cm³/mol. The van der Waals surface area contributed by atoms with Crippen LogP contribution in [-0.4, -0.2) is 35.1 Å². The third-order valence-electron chi connectivity index (χ3n) is 4.21. The zero-order valence-corrected chi connectivity index (χ0v) is 14.8. The molecule has 0 aliphatic heterocycles. The summed E-state index contributed by atoms with van der Waals surface area (Å²) in [7, 11) is 0. The van der Waals surface area contributed by atoms with Crippen LogP contribution >= 0.6 is 11.8 Å². The zero-order chi connectivity index (χ0) is 17.7. The number of amides is 1. The maximum absolute atomic E-state index is 11.9. The molecule has 1 saturated carbocycles. The monoisotopic (exact) mass is 365 g/mol. The molecule has 4 aromatic heterocycles. The third-order valence-corrected chi connectivity index (χ3v) is 5.10. The van der Waals surface area contributed by atoms with Gasteiger partial charge >= 0.3 is 0 Å². The molecule has 8 nitrogen and oxygen atoms in total. The highest BCUT2D eigenvalue weighted by Crippen LogP contribution is 2.30. The fourth-order valence-electron chi connectivity index (χ4n) is 2.69. The normalized spacial score (nSPS) is 14.2. The summed E-state index contributed by atoms with van der Waals surface area (Å²) in [4.78, 5) is 16.3. The maximum Gasteiger partial charge on any atom is 0.228 e. The Labute approximate surface area is 152 Å². The van der Waals surface area contributed by atoms with Crippen LogP contribution in [0.15, 0.2) is 46.8 Å². The summed E-state index contributed by atoms with van der Waals surface area (Å²) in [5, 5.41) is 17.3. The molecule has 5 rings (SSSR count). The van der Waals surface area contributed by atoms with Gasteiger partial charge in [-0.25, -0.2) is 9.50 Å². The summed E-state index contributed by atoms with van der Waals surface area (Å²) in [6, 6.07) is 7.70. The molecule has 1 fully saturated rings. The van der Waals surface area contributed by atoms with Crippen molar-refractivity contribution in [3.63, 3.8) is 0 Å². The lowest BCUT2D eigenvalue weighted by molar-refractivity contribution is -0.117. The van der Waals surface area contributed by atoms with Crippen LogP contribution in [0.1, 0.15) is 18.4 Å². The van der Waals surface area contributed by atoms with Gasteiger partial charge in [-0.05, 0) is 55.3 Å². The van der Waals surface area contributed by atoms with Gasteiger partial charge in [0.2, 0.25) is 11.1 Å². The Morgan fingerprint density at radius 3 is 2.85 bits per heavy atom. The summed E-state index contributed by atoms with van der Waals surface area (Å²) in [6.07, 6.45) is 5.65. The maximum atomic E-state index is 11.9. The lowest BCUT2D eigenvalue weighted by Gasteiger charge is -2.01.